The van der Waals surface area contributed by atoms with Gasteiger partial charge in [-0.1, -0.05) is 68.4 Å². The number of anilines is 1. The standard InChI is InChI=1S/C31H30N2S2/c1-19(32-27-9-5-7-11-29(27)34)21-13-15-23-24-16-14-22(18-26(24)31(3,4)25(23)17-21)20(2)33-28-10-6-8-12-30(28)35/h5-19,32,34-35H,1-4H3/b33-20+. The number of hydrogen-bond donors (Lipinski definition) is 3. The van der Waals surface area contributed by atoms with Crippen molar-refractivity contribution >= 4 is 42.3 Å². The van der Waals surface area contributed by atoms with Gasteiger partial charge in [-0.05, 0) is 77.6 Å². The number of hydrogen-bond acceptors (Lipinski definition) is 4. The van der Waals surface area contributed by atoms with E-state index in [4.69, 9.17) is 4.99 Å². The monoisotopic (exact) mass is 494 g/mol. The van der Waals surface area contributed by atoms with Crippen LogP contribution in [-0.2, 0) is 5.41 Å². The Balaban J connectivity index is 1.48. The molecule has 0 spiro atoms. The Morgan fingerprint density at radius 3 is 2.14 bits per heavy atom. The summed E-state index contributed by atoms with van der Waals surface area (Å²) in [5.41, 5.74) is 10.6. The molecule has 1 N–H and O–H groups in total. The van der Waals surface area contributed by atoms with Crippen LogP contribution in [0.2, 0.25) is 0 Å². The summed E-state index contributed by atoms with van der Waals surface area (Å²) in [7, 11) is 0. The Morgan fingerprint density at radius 2 is 1.43 bits per heavy atom. The minimum atomic E-state index is -0.0976. The van der Waals surface area contributed by atoms with Crippen molar-refractivity contribution < 1.29 is 0 Å². The first kappa shape index (κ1) is 23.8. The molecule has 1 aliphatic rings. The van der Waals surface area contributed by atoms with E-state index in [1.165, 1.54) is 27.8 Å². The third-order valence-electron chi connectivity index (χ3n) is 7.06. The molecule has 0 aliphatic heterocycles. The molecule has 1 atom stereocenters. The molecule has 0 fully saturated rings. The number of aliphatic imine (C=N–C) groups is 1. The lowest BCUT2D eigenvalue weighted by atomic mass is 9.81. The van der Waals surface area contributed by atoms with Crippen LogP contribution in [0.15, 0.2) is 99.7 Å². The van der Waals surface area contributed by atoms with Gasteiger partial charge in [0.2, 0.25) is 0 Å². The molecule has 35 heavy (non-hydrogen) atoms. The van der Waals surface area contributed by atoms with Crippen LogP contribution in [0.25, 0.3) is 11.1 Å². The molecule has 0 saturated carbocycles. The maximum Gasteiger partial charge on any atom is 0.0766 e. The Bertz CT molecular complexity index is 1450. The first-order valence-corrected chi connectivity index (χ1v) is 12.8. The van der Waals surface area contributed by atoms with Gasteiger partial charge < -0.3 is 5.32 Å². The van der Waals surface area contributed by atoms with Crippen molar-refractivity contribution in [2.24, 2.45) is 4.99 Å². The quantitative estimate of drug-likeness (QED) is 0.187. The molecule has 1 unspecified atom stereocenters. The summed E-state index contributed by atoms with van der Waals surface area (Å²) in [6.45, 7) is 8.92. The highest BCUT2D eigenvalue weighted by molar-refractivity contribution is 7.80. The van der Waals surface area contributed by atoms with Gasteiger partial charge in [-0.2, -0.15) is 0 Å². The number of benzene rings is 4. The van der Waals surface area contributed by atoms with Crippen molar-refractivity contribution in [2.75, 3.05) is 5.32 Å². The molecule has 1 aliphatic carbocycles. The van der Waals surface area contributed by atoms with E-state index in [0.717, 1.165) is 32.4 Å². The second-order valence-electron chi connectivity index (χ2n) is 9.76. The van der Waals surface area contributed by atoms with Crippen molar-refractivity contribution in [1.82, 2.24) is 0 Å². The molecule has 2 nitrogen and oxygen atoms in total. The molecule has 4 heteroatoms. The predicted octanol–water partition coefficient (Wildman–Crippen LogP) is 8.88. The maximum absolute atomic E-state index is 4.86. The van der Waals surface area contributed by atoms with Crippen molar-refractivity contribution in [3.8, 4) is 11.1 Å². The minimum absolute atomic E-state index is 0.0976. The van der Waals surface area contributed by atoms with E-state index in [9.17, 15) is 0 Å². The van der Waals surface area contributed by atoms with Gasteiger partial charge in [0.15, 0.2) is 0 Å². The second-order valence-corrected chi connectivity index (χ2v) is 10.7. The van der Waals surface area contributed by atoms with E-state index in [2.05, 4.69) is 101 Å². The van der Waals surface area contributed by atoms with Gasteiger partial charge in [-0.15, -0.1) is 25.3 Å². The summed E-state index contributed by atoms with van der Waals surface area (Å²) in [5, 5.41) is 3.62. The van der Waals surface area contributed by atoms with Crippen LogP contribution >= 0.6 is 25.3 Å². The highest BCUT2D eigenvalue weighted by Gasteiger charge is 2.36. The fourth-order valence-corrected chi connectivity index (χ4v) is 5.40. The molecule has 0 aromatic heterocycles. The zero-order chi connectivity index (χ0) is 24.7. The Hall–Kier alpha value is -2.95. The molecule has 0 radical (unpaired) electrons. The number of para-hydroxylation sites is 2. The van der Waals surface area contributed by atoms with E-state index in [1.807, 2.05) is 42.5 Å². The number of fused-ring (bicyclic) bond motifs is 3. The zero-order valence-electron chi connectivity index (χ0n) is 20.5. The number of rotatable bonds is 5. The molecule has 0 amide bonds. The third kappa shape index (κ3) is 4.41. The van der Waals surface area contributed by atoms with Gasteiger partial charge in [-0.3, -0.25) is 4.99 Å². The fourth-order valence-electron chi connectivity index (χ4n) is 4.97. The highest BCUT2D eigenvalue weighted by atomic mass is 32.1. The molecule has 0 heterocycles. The van der Waals surface area contributed by atoms with Gasteiger partial charge in [0.1, 0.15) is 0 Å². The number of thiol groups is 2. The molecular formula is C31H30N2S2. The first-order chi connectivity index (χ1) is 16.8. The van der Waals surface area contributed by atoms with Crippen molar-refractivity contribution in [2.45, 2.75) is 48.9 Å². The summed E-state index contributed by atoms with van der Waals surface area (Å²) >= 11 is 9.16. The van der Waals surface area contributed by atoms with Crippen LogP contribution in [0.4, 0.5) is 11.4 Å². The smallest absolute Gasteiger partial charge is 0.0766 e. The van der Waals surface area contributed by atoms with E-state index < -0.39 is 0 Å². The van der Waals surface area contributed by atoms with Gasteiger partial charge in [-0.25, -0.2) is 0 Å². The van der Waals surface area contributed by atoms with Gasteiger partial charge >= 0.3 is 0 Å². The topological polar surface area (TPSA) is 24.4 Å². The van der Waals surface area contributed by atoms with Crippen LogP contribution in [0.3, 0.4) is 0 Å². The second kappa shape index (κ2) is 9.25. The molecule has 0 saturated heterocycles. The highest BCUT2D eigenvalue weighted by Crippen LogP contribution is 2.49. The summed E-state index contributed by atoms with van der Waals surface area (Å²) in [5.74, 6) is 0. The average Bonchev–Trinajstić information content (AvgIpc) is 3.08. The van der Waals surface area contributed by atoms with E-state index >= 15 is 0 Å². The Labute approximate surface area is 219 Å². The van der Waals surface area contributed by atoms with Crippen molar-refractivity contribution in [1.29, 1.82) is 0 Å². The lowest BCUT2D eigenvalue weighted by Gasteiger charge is -2.24. The van der Waals surface area contributed by atoms with Crippen LogP contribution in [0.5, 0.6) is 0 Å². The van der Waals surface area contributed by atoms with E-state index in [1.54, 1.807) is 0 Å². The number of nitrogens with zero attached hydrogens (tertiary/aromatic N) is 1. The minimum Gasteiger partial charge on any atom is -0.378 e. The summed E-state index contributed by atoms with van der Waals surface area (Å²) in [6, 6.07) is 29.9. The Kier molecular flexibility index (Phi) is 6.29. The zero-order valence-corrected chi connectivity index (χ0v) is 22.3. The third-order valence-corrected chi connectivity index (χ3v) is 7.83. The van der Waals surface area contributed by atoms with Crippen LogP contribution < -0.4 is 5.32 Å². The Morgan fingerprint density at radius 1 is 0.800 bits per heavy atom. The van der Waals surface area contributed by atoms with Gasteiger partial charge in [0.25, 0.3) is 0 Å². The summed E-state index contributed by atoms with van der Waals surface area (Å²) in [4.78, 5) is 6.70. The SMILES string of the molecule is C/C(=N\c1ccccc1S)c1ccc2c(c1)C(C)(C)c1cc(C(C)Nc3ccccc3S)ccc1-2. The molecular weight excluding hydrogens is 464 g/mol. The normalized spacial score (nSPS) is 14.9. The van der Waals surface area contributed by atoms with Crippen LogP contribution in [-0.4, -0.2) is 5.71 Å². The largest absolute Gasteiger partial charge is 0.378 e. The summed E-state index contributed by atoms with van der Waals surface area (Å²) < 4.78 is 0. The lowest BCUT2D eigenvalue weighted by Crippen LogP contribution is -2.16. The fraction of sp³-hybridized carbons (Fsp3) is 0.194. The molecule has 4 aromatic rings. The van der Waals surface area contributed by atoms with E-state index in [-0.39, 0.29) is 11.5 Å². The molecule has 0 bridgehead atoms. The first-order valence-electron chi connectivity index (χ1n) is 11.9. The predicted molar refractivity (Wildman–Crippen MR) is 155 cm³/mol. The van der Waals surface area contributed by atoms with E-state index in [0.29, 0.717) is 0 Å². The summed E-state index contributed by atoms with van der Waals surface area (Å²) in [6.07, 6.45) is 0. The molecule has 4 aromatic carbocycles. The van der Waals surface area contributed by atoms with Crippen LogP contribution in [0.1, 0.15) is 56.0 Å². The van der Waals surface area contributed by atoms with Crippen LogP contribution in [0, 0.1) is 0 Å². The number of nitrogens with one attached hydrogen (secondary N) is 1. The van der Waals surface area contributed by atoms with Crippen molar-refractivity contribution in [3.63, 3.8) is 0 Å². The average molecular weight is 495 g/mol. The molecule has 176 valence electrons. The van der Waals surface area contributed by atoms with Gasteiger partial charge in [0, 0.05) is 32.6 Å². The maximum atomic E-state index is 4.86. The van der Waals surface area contributed by atoms with Gasteiger partial charge in [0.05, 0.1) is 5.69 Å². The van der Waals surface area contributed by atoms with Crippen molar-refractivity contribution in [3.05, 3.63) is 107 Å². The lowest BCUT2D eigenvalue weighted by molar-refractivity contribution is 0.658. The molecule has 5 rings (SSSR count).